The van der Waals surface area contributed by atoms with Crippen LogP contribution >= 0.6 is 0 Å². The quantitative estimate of drug-likeness (QED) is 0.162. The molecule has 2 aliphatic rings. The average molecular weight is 625 g/mol. The zero-order chi connectivity index (χ0) is 32.4. The molecule has 0 radical (unpaired) electrons. The third kappa shape index (κ3) is 9.45. The van der Waals surface area contributed by atoms with Crippen molar-refractivity contribution in [3.63, 3.8) is 0 Å². The fourth-order valence-corrected chi connectivity index (χ4v) is 6.49. The van der Waals surface area contributed by atoms with Crippen LogP contribution in [0.1, 0.15) is 111 Å². The molecule has 0 amide bonds. The molecule has 0 saturated heterocycles. The minimum absolute atomic E-state index is 0.0443. The second-order valence-electron chi connectivity index (χ2n) is 12.5. The highest BCUT2D eigenvalue weighted by atomic mass is 17.2. The molecule has 2 aromatic rings. The number of carbonyl (C=O) groups is 4. The normalized spacial score (nSPS) is 21.6. The molecular weight excluding hydrogens is 580 g/mol. The van der Waals surface area contributed by atoms with Crippen LogP contribution < -0.4 is 0 Å². The number of benzene rings is 2. The summed E-state index contributed by atoms with van der Waals surface area (Å²) in [5.41, 5.74) is 2.79. The van der Waals surface area contributed by atoms with Gasteiger partial charge in [-0.05, 0) is 117 Å². The molecule has 0 bridgehead atoms. The molecule has 45 heavy (non-hydrogen) atoms. The molecular formula is C35H44O10. The number of rotatable bonds is 8. The Hall–Kier alpha value is -4.08. The van der Waals surface area contributed by atoms with Crippen LogP contribution in [0.15, 0.2) is 48.5 Å². The second-order valence-corrected chi connectivity index (χ2v) is 12.5. The third-order valence-electron chi connectivity index (χ3n) is 9.55. The summed E-state index contributed by atoms with van der Waals surface area (Å²) >= 11 is 0. The molecule has 10 nitrogen and oxygen atoms in total. The molecule has 0 N–H and O–H groups in total. The molecule has 2 aliphatic carbocycles. The first kappa shape index (κ1) is 33.8. The van der Waals surface area contributed by atoms with Crippen molar-refractivity contribution in [2.45, 2.75) is 104 Å². The van der Waals surface area contributed by atoms with Gasteiger partial charge in [-0.3, -0.25) is 0 Å². The van der Waals surface area contributed by atoms with Crippen molar-refractivity contribution in [2.75, 3.05) is 0 Å². The highest BCUT2D eigenvalue weighted by Crippen LogP contribution is 2.49. The third-order valence-corrected chi connectivity index (χ3v) is 9.55. The summed E-state index contributed by atoms with van der Waals surface area (Å²) < 4.78 is 10.8. The lowest BCUT2D eigenvalue weighted by Crippen LogP contribution is -2.39. The van der Waals surface area contributed by atoms with Gasteiger partial charge in [0.1, 0.15) is 12.2 Å². The van der Waals surface area contributed by atoms with E-state index >= 15 is 0 Å². The first-order valence-electron chi connectivity index (χ1n) is 16.0. The van der Waals surface area contributed by atoms with Gasteiger partial charge in [-0.25, -0.2) is 29.1 Å². The Kier molecular flexibility index (Phi) is 11.8. The van der Waals surface area contributed by atoms with E-state index in [1.165, 1.54) is 0 Å². The van der Waals surface area contributed by atoms with Crippen LogP contribution in [0.5, 0.6) is 0 Å². The van der Waals surface area contributed by atoms with Crippen molar-refractivity contribution >= 4 is 24.2 Å². The Balaban J connectivity index is 1.12. The minimum Gasteiger partial charge on any atom is -0.428 e. The highest BCUT2D eigenvalue weighted by molar-refractivity contribution is 5.89. The largest absolute Gasteiger partial charge is 0.550 e. The minimum atomic E-state index is -1.02. The zero-order valence-electron chi connectivity index (χ0n) is 26.6. The Bertz CT molecular complexity index is 1190. The molecule has 244 valence electrons. The zero-order valence-corrected chi connectivity index (χ0v) is 26.6. The van der Waals surface area contributed by atoms with Crippen molar-refractivity contribution in [3.05, 3.63) is 70.8 Å². The summed E-state index contributed by atoms with van der Waals surface area (Å²) in [4.78, 5) is 67.1. The maximum absolute atomic E-state index is 12.2. The van der Waals surface area contributed by atoms with E-state index in [-0.39, 0.29) is 28.7 Å². The highest BCUT2D eigenvalue weighted by Gasteiger charge is 2.41. The van der Waals surface area contributed by atoms with Crippen LogP contribution in [0, 0.1) is 17.3 Å². The molecule has 2 fully saturated rings. The Morgan fingerprint density at radius 3 is 1.20 bits per heavy atom. The first-order valence-corrected chi connectivity index (χ1v) is 16.0. The van der Waals surface area contributed by atoms with Crippen LogP contribution in [0.2, 0.25) is 0 Å². The summed E-state index contributed by atoms with van der Waals surface area (Å²) in [7, 11) is 0. The molecule has 0 unspecified atom stereocenters. The van der Waals surface area contributed by atoms with Gasteiger partial charge in [-0.2, -0.15) is 9.59 Å². The predicted molar refractivity (Wildman–Crippen MR) is 163 cm³/mol. The van der Waals surface area contributed by atoms with E-state index < -0.39 is 24.2 Å². The van der Waals surface area contributed by atoms with Crippen molar-refractivity contribution < 1.29 is 48.2 Å². The summed E-state index contributed by atoms with van der Waals surface area (Å²) in [5.74, 6) is -0.631. The molecule has 10 heteroatoms. The smallest absolute Gasteiger partial charge is 0.428 e. The molecule has 0 atom stereocenters. The van der Waals surface area contributed by atoms with E-state index in [0.717, 1.165) is 49.7 Å². The fraction of sp³-hybridized carbons (Fsp3) is 0.543. The summed E-state index contributed by atoms with van der Waals surface area (Å²) in [6.45, 7) is 8.60. The van der Waals surface area contributed by atoms with E-state index in [9.17, 15) is 19.2 Å². The SMILES string of the molecule is CCc1ccc(C(=O)OOC(=O)OC2CCC(C(C)(C)C3CCC(OC(=O)OOC(=O)c4ccc(CC)cc4)CC3)CC2)cc1. The van der Waals surface area contributed by atoms with Crippen molar-refractivity contribution in [3.8, 4) is 0 Å². The van der Waals surface area contributed by atoms with Crippen LogP contribution in [-0.4, -0.2) is 36.5 Å². The lowest BCUT2D eigenvalue weighted by molar-refractivity contribution is -0.209. The monoisotopic (exact) mass is 624 g/mol. The maximum atomic E-state index is 12.2. The Morgan fingerprint density at radius 1 is 0.556 bits per heavy atom. The Labute approximate surface area is 264 Å². The van der Waals surface area contributed by atoms with E-state index in [4.69, 9.17) is 9.47 Å². The Morgan fingerprint density at radius 2 is 0.889 bits per heavy atom. The molecule has 0 heterocycles. The molecule has 0 spiro atoms. The van der Waals surface area contributed by atoms with Gasteiger partial charge in [0.2, 0.25) is 0 Å². The van der Waals surface area contributed by atoms with Crippen LogP contribution in [0.4, 0.5) is 9.59 Å². The summed E-state index contributed by atoms with van der Waals surface area (Å²) in [6, 6.07) is 13.8. The fourth-order valence-electron chi connectivity index (χ4n) is 6.49. The van der Waals surface area contributed by atoms with Crippen LogP contribution in [0.3, 0.4) is 0 Å². The van der Waals surface area contributed by atoms with Gasteiger partial charge in [-0.15, -0.1) is 0 Å². The summed E-state index contributed by atoms with van der Waals surface area (Å²) in [6.07, 6.45) is 5.42. The molecule has 4 rings (SSSR count). The molecule has 2 saturated carbocycles. The first-order chi connectivity index (χ1) is 21.6. The van der Waals surface area contributed by atoms with Crippen molar-refractivity contribution in [1.82, 2.24) is 0 Å². The average Bonchev–Trinajstić information content (AvgIpc) is 3.06. The standard InChI is InChI=1S/C35H44O10/c1-5-23-7-11-25(12-8-23)31(36)42-44-33(38)40-29-19-15-27(16-20-29)35(3,4)28-17-21-30(22-18-28)41-34(39)45-43-32(37)26-13-9-24(6-2)10-14-26/h7-14,27-30H,5-6,15-22H2,1-4H3. The van der Waals surface area contributed by atoms with Gasteiger partial charge in [0.25, 0.3) is 0 Å². The number of ether oxygens (including phenoxy) is 2. The van der Waals surface area contributed by atoms with Gasteiger partial charge in [0.05, 0.1) is 11.1 Å². The van der Waals surface area contributed by atoms with Gasteiger partial charge >= 0.3 is 24.2 Å². The molecule has 0 aliphatic heterocycles. The second kappa shape index (κ2) is 15.8. The maximum Gasteiger partial charge on any atom is 0.550 e. The number of aryl methyl sites for hydroxylation is 2. The predicted octanol–water partition coefficient (Wildman–Crippen LogP) is 8.11. The van der Waals surface area contributed by atoms with Gasteiger partial charge in [0.15, 0.2) is 0 Å². The number of hydrogen-bond donors (Lipinski definition) is 0. The molecule has 0 aromatic heterocycles. The summed E-state index contributed by atoms with van der Waals surface area (Å²) in [5, 5.41) is 0. The van der Waals surface area contributed by atoms with Gasteiger partial charge in [0, 0.05) is 0 Å². The topological polar surface area (TPSA) is 124 Å². The van der Waals surface area contributed by atoms with Gasteiger partial charge in [-0.1, -0.05) is 52.0 Å². The lowest BCUT2D eigenvalue weighted by Gasteiger charge is -2.46. The number of carbonyl (C=O) groups excluding carboxylic acids is 4. The van der Waals surface area contributed by atoms with Crippen molar-refractivity contribution in [1.29, 1.82) is 0 Å². The van der Waals surface area contributed by atoms with E-state index in [2.05, 4.69) is 33.4 Å². The van der Waals surface area contributed by atoms with E-state index in [1.54, 1.807) is 24.3 Å². The molecule has 2 aromatic carbocycles. The lowest BCUT2D eigenvalue weighted by atomic mass is 9.60. The number of hydrogen-bond acceptors (Lipinski definition) is 10. The van der Waals surface area contributed by atoms with Crippen molar-refractivity contribution in [2.24, 2.45) is 17.3 Å². The van der Waals surface area contributed by atoms with Gasteiger partial charge < -0.3 is 9.47 Å². The van der Waals surface area contributed by atoms with Crippen LogP contribution in [0.25, 0.3) is 0 Å². The van der Waals surface area contributed by atoms with E-state index in [0.29, 0.717) is 37.5 Å². The van der Waals surface area contributed by atoms with Crippen LogP contribution in [-0.2, 0) is 41.9 Å². The van der Waals surface area contributed by atoms with E-state index in [1.807, 2.05) is 38.1 Å².